The summed E-state index contributed by atoms with van der Waals surface area (Å²) >= 11 is 5.97. The van der Waals surface area contributed by atoms with Crippen molar-refractivity contribution < 1.29 is 5.11 Å². The zero-order chi connectivity index (χ0) is 20.4. The van der Waals surface area contributed by atoms with Crippen molar-refractivity contribution in [3.05, 3.63) is 70.5 Å². The molecule has 1 atom stereocenters. The zero-order valence-corrected chi connectivity index (χ0v) is 17.5. The summed E-state index contributed by atoms with van der Waals surface area (Å²) in [5, 5.41) is 11.5. The second-order valence-corrected chi connectivity index (χ2v) is 8.05. The topological polar surface area (TPSA) is 62.1 Å². The Morgan fingerprint density at radius 3 is 2.41 bits per heavy atom. The van der Waals surface area contributed by atoms with Gasteiger partial charge in [0, 0.05) is 35.6 Å². The molecule has 0 radical (unpaired) electrons. The van der Waals surface area contributed by atoms with E-state index in [2.05, 4.69) is 21.8 Å². The van der Waals surface area contributed by atoms with E-state index >= 15 is 0 Å². The van der Waals surface area contributed by atoms with Crippen molar-refractivity contribution in [2.24, 2.45) is 5.92 Å². The van der Waals surface area contributed by atoms with Crippen LogP contribution in [0.2, 0.25) is 5.02 Å². The lowest BCUT2D eigenvalue weighted by Crippen LogP contribution is -2.36. The molecule has 2 aromatic heterocycles. The minimum absolute atomic E-state index is 0.228. The Morgan fingerprint density at radius 2 is 1.76 bits per heavy atom. The Morgan fingerprint density at radius 1 is 1.03 bits per heavy atom. The van der Waals surface area contributed by atoms with Gasteiger partial charge in [0.05, 0.1) is 6.10 Å². The number of benzene rings is 1. The summed E-state index contributed by atoms with van der Waals surface area (Å²) in [6, 6.07) is 13.3. The molecule has 0 saturated carbocycles. The van der Waals surface area contributed by atoms with Crippen LogP contribution < -0.4 is 4.90 Å². The summed E-state index contributed by atoms with van der Waals surface area (Å²) in [5.74, 6) is 1.86. The van der Waals surface area contributed by atoms with Crippen molar-refractivity contribution in [1.29, 1.82) is 0 Å². The van der Waals surface area contributed by atoms with Gasteiger partial charge in [-0.3, -0.25) is 4.98 Å². The van der Waals surface area contributed by atoms with Gasteiger partial charge in [-0.15, -0.1) is 0 Å². The summed E-state index contributed by atoms with van der Waals surface area (Å²) in [6.07, 6.45) is 3.11. The largest absolute Gasteiger partial charge is 0.388 e. The number of aliphatic hydroxyl groups is 1. The number of aromatic nitrogens is 3. The third-order valence-electron chi connectivity index (χ3n) is 5.75. The van der Waals surface area contributed by atoms with Gasteiger partial charge in [0.2, 0.25) is 0 Å². The monoisotopic (exact) mass is 408 g/mol. The second-order valence-electron chi connectivity index (χ2n) is 7.62. The van der Waals surface area contributed by atoms with Crippen LogP contribution in [0.15, 0.2) is 48.7 Å². The predicted octanol–water partition coefficient (Wildman–Crippen LogP) is 4.76. The molecular weight excluding hydrogens is 384 g/mol. The number of halogens is 1. The number of nitrogens with zero attached hydrogens (tertiary/aromatic N) is 4. The molecule has 1 aromatic carbocycles. The van der Waals surface area contributed by atoms with Crippen LogP contribution in [0.3, 0.4) is 0 Å². The maximum Gasteiger partial charge on any atom is 0.180 e. The SMILES string of the molecule is Cc1nc(-c2ccccn2)nc(N2CCC(C(O)c3ccc(Cl)cc3)CC2)c1C. The van der Waals surface area contributed by atoms with E-state index < -0.39 is 6.10 Å². The lowest BCUT2D eigenvalue weighted by atomic mass is 9.87. The van der Waals surface area contributed by atoms with Crippen LogP contribution in [0.4, 0.5) is 5.82 Å². The molecule has 6 heteroatoms. The van der Waals surface area contributed by atoms with E-state index in [9.17, 15) is 5.11 Å². The average molecular weight is 409 g/mol. The zero-order valence-electron chi connectivity index (χ0n) is 16.7. The lowest BCUT2D eigenvalue weighted by molar-refractivity contribution is 0.0928. The van der Waals surface area contributed by atoms with Crippen molar-refractivity contribution in [1.82, 2.24) is 15.0 Å². The van der Waals surface area contributed by atoms with E-state index in [0.29, 0.717) is 10.8 Å². The number of hydrogen-bond donors (Lipinski definition) is 1. The van der Waals surface area contributed by atoms with Crippen LogP contribution in [0.1, 0.15) is 35.8 Å². The Kier molecular flexibility index (Phi) is 5.79. The molecule has 1 aliphatic heterocycles. The molecule has 0 bridgehead atoms. The van der Waals surface area contributed by atoms with Gasteiger partial charge in [0.1, 0.15) is 11.5 Å². The van der Waals surface area contributed by atoms with Crippen molar-refractivity contribution in [3.63, 3.8) is 0 Å². The summed E-state index contributed by atoms with van der Waals surface area (Å²) in [6.45, 7) is 5.80. The third-order valence-corrected chi connectivity index (χ3v) is 6.01. The molecule has 1 N–H and O–H groups in total. The molecule has 5 nitrogen and oxygen atoms in total. The molecule has 1 unspecified atom stereocenters. The number of rotatable bonds is 4. The molecule has 3 heterocycles. The Balaban J connectivity index is 1.51. The number of hydrogen-bond acceptors (Lipinski definition) is 5. The van der Waals surface area contributed by atoms with E-state index in [1.807, 2.05) is 49.4 Å². The maximum atomic E-state index is 10.8. The fourth-order valence-corrected chi connectivity index (χ4v) is 4.02. The van der Waals surface area contributed by atoms with E-state index in [1.165, 1.54) is 0 Å². The number of aliphatic hydroxyl groups excluding tert-OH is 1. The fraction of sp³-hybridized carbons (Fsp3) is 0.348. The first-order valence-electron chi connectivity index (χ1n) is 9.98. The van der Waals surface area contributed by atoms with Gasteiger partial charge in [0.25, 0.3) is 0 Å². The van der Waals surface area contributed by atoms with Crippen LogP contribution in [-0.2, 0) is 0 Å². The molecule has 1 saturated heterocycles. The summed E-state index contributed by atoms with van der Waals surface area (Å²) in [5.41, 5.74) is 3.78. The summed E-state index contributed by atoms with van der Waals surface area (Å²) < 4.78 is 0. The average Bonchev–Trinajstić information content (AvgIpc) is 2.76. The molecule has 4 rings (SSSR count). The Labute approximate surface area is 176 Å². The van der Waals surface area contributed by atoms with E-state index in [0.717, 1.165) is 54.3 Å². The van der Waals surface area contributed by atoms with Crippen LogP contribution in [0.5, 0.6) is 0 Å². The molecule has 1 aliphatic rings. The second kappa shape index (κ2) is 8.47. The van der Waals surface area contributed by atoms with E-state index in [4.69, 9.17) is 16.6 Å². The van der Waals surface area contributed by atoms with Gasteiger partial charge >= 0.3 is 0 Å². The first kappa shape index (κ1) is 19.8. The Bertz CT molecular complexity index is 970. The van der Waals surface area contributed by atoms with Crippen molar-refractivity contribution in [2.45, 2.75) is 32.8 Å². The van der Waals surface area contributed by atoms with Crippen molar-refractivity contribution in [2.75, 3.05) is 18.0 Å². The van der Waals surface area contributed by atoms with Crippen LogP contribution in [-0.4, -0.2) is 33.1 Å². The first-order chi connectivity index (χ1) is 14.0. The number of anilines is 1. The summed E-state index contributed by atoms with van der Waals surface area (Å²) in [4.78, 5) is 16.2. The quantitative estimate of drug-likeness (QED) is 0.674. The highest BCUT2D eigenvalue weighted by molar-refractivity contribution is 6.30. The molecular formula is C23H25ClN4O. The van der Waals surface area contributed by atoms with Crippen LogP contribution in [0.25, 0.3) is 11.5 Å². The molecule has 1 fully saturated rings. The van der Waals surface area contributed by atoms with Crippen molar-refractivity contribution >= 4 is 17.4 Å². The minimum atomic E-state index is -0.466. The molecule has 3 aromatic rings. The number of pyridine rings is 1. The van der Waals surface area contributed by atoms with Crippen LogP contribution in [0, 0.1) is 19.8 Å². The lowest BCUT2D eigenvalue weighted by Gasteiger charge is -2.36. The molecule has 0 amide bonds. The van der Waals surface area contributed by atoms with Gasteiger partial charge in [-0.1, -0.05) is 29.8 Å². The molecule has 0 aliphatic carbocycles. The standard InChI is InChI=1S/C23H25ClN4O/c1-15-16(2)26-22(20-5-3-4-12-25-20)27-23(15)28-13-10-18(11-14-28)21(29)17-6-8-19(24)9-7-17/h3-9,12,18,21,29H,10-11,13-14H2,1-2H3. The predicted molar refractivity (Wildman–Crippen MR) is 116 cm³/mol. The molecule has 150 valence electrons. The van der Waals surface area contributed by atoms with Crippen molar-refractivity contribution in [3.8, 4) is 11.5 Å². The minimum Gasteiger partial charge on any atom is -0.388 e. The van der Waals surface area contributed by atoms with E-state index in [1.54, 1.807) is 6.20 Å². The highest BCUT2D eigenvalue weighted by Crippen LogP contribution is 2.34. The smallest absolute Gasteiger partial charge is 0.180 e. The van der Waals surface area contributed by atoms with E-state index in [-0.39, 0.29) is 5.92 Å². The highest BCUT2D eigenvalue weighted by Gasteiger charge is 2.28. The fourth-order valence-electron chi connectivity index (χ4n) is 3.89. The molecule has 0 spiro atoms. The van der Waals surface area contributed by atoms with Gasteiger partial charge < -0.3 is 10.0 Å². The maximum absolute atomic E-state index is 10.8. The normalized spacial score (nSPS) is 16.1. The van der Waals surface area contributed by atoms with Gasteiger partial charge in [0.15, 0.2) is 5.82 Å². The Hall–Kier alpha value is -2.50. The van der Waals surface area contributed by atoms with Gasteiger partial charge in [-0.2, -0.15) is 0 Å². The number of piperidine rings is 1. The number of aryl methyl sites for hydroxylation is 1. The molecule has 29 heavy (non-hydrogen) atoms. The highest BCUT2D eigenvalue weighted by atomic mass is 35.5. The third kappa shape index (κ3) is 4.26. The summed E-state index contributed by atoms with van der Waals surface area (Å²) in [7, 11) is 0. The van der Waals surface area contributed by atoms with Gasteiger partial charge in [-0.25, -0.2) is 9.97 Å². The van der Waals surface area contributed by atoms with Gasteiger partial charge in [-0.05, 0) is 62.4 Å². The van der Waals surface area contributed by atoms with Crippen LogP contribution >= 0.6 is 11.6 Å². The first-order valence-corrected chi connectivity index (χ1v) is 10.4.